The lowest BCUT2D eigenvalue weighted by Crippen LogP contribution is -2.36. The number of hydrogen-bond acceptors (Lipinski definition) is 2. The van der Waals surface area contributed by atoms with Crippen LogP contribution >= 0.6 is 0 Å². The van der Waals surface area contributed by atoms with Crippen molar-refractivity contribution in [3.8, 4) is 0 Å². The molecule has 2 N–H and O–H groups in total. The van der Waals surface area contributed by atoms with Crippen molar-refractivity contribution in [1.82, 2.24) is 5.32 Å². The molecule has 1 amide bonds. The number of carbonyl (C=O) groups excluding carboxylic acids is 1. The second kappa shape index (κ2) is 5.82. The van der Waals surface area contributed by atoms with Crippen molar-refractivity contribution in [2.75, 3.05) is 11.9 Å². The molecule has 1 aromatic carbocycles. The minimum atomic E-state index is 0.106. The third kappa shape index (κ3) is 3.86. The van der Waals surface area contributed by atoms with Crippen molar-refractivity contribution in [3.05, 3.63) is 29.8 Å². The van der Waals surface area contributed by atoms with Crippen LogP contribution < -0.4 is 10.6 Å². The molecule has 1 saturated heterocycles. The molecule has 3 heteroatoms. The van der Waals surface area contributed by atoms with Gasteiger partial charge in [-0.25, -0.2) is 0 Å². The molecule has 0 aromatic heterocycles. The second-order valence-corrected chi connectivity index (χ2v) is 4.77. The van der Waals surface area contributed by atoms with Gasteiger partial charge in [0.15, 0.2) is 0 Å². The monoisotopic (exact) mass is 232 g/mol. The Balaban J connectivity index is 1.84. The molecule has 3 nitrogen and oxygen atoms in total. The number of hydrogen-bond donors (Lipinski definition) is 2. The van der Waals surface area contributed by atoms with Crippen molar-refractivity contribution < 1.29 is 4.79 Å². The smallest absolute Gasteiger partial charge is 0.225 e. The largest absolute Gasteiger partial charge is 0.326 e. The van der Waals surface area contributed by atoms with Crippen LogP contribution in [0.4, 0.5) is 5.69 Å². The number of rotatable bonds is 3. The van der Waals surface area contributed by atoms with Gasteiger partial charge in [-0.2, -0.15) is 0 Å². The minimum absolute atomic E-state index is 0.106. The summed E-state index contributed by atoms with van der Waals surface area (Å²) < 4.78 is 0. The van der Waals surface area contributed by atoms with Gasteiger partial charge in [-0.3, -0.25) is 4.79 Å². The van der Waals surface area contributed by atoms with E-state index in [0.29, 0.717) is 12.5 Å². The van der Waals surface area contributed by atoms with E-state index in [4.69, 9.17) is 0 Å². The molecule has 1 unspecified atom stereocenters. The maximum Gasteiger partial charge on any atom is 0.225 e. The van der Waals surface area contributed by atoms with Crippen LogP contribution in [0.25, 0.3) is 0 Å². The first-order valence-corrected chi connectivity index (χ1v) is 6.34. The van der Waals surface area contributed by atoms with Crippen molar-refractivity contribution >= 4 is 11.6 Å². The lowest BCUT2D eigenvalue weighted by molar-refractivity contribution is -0.116. The highest BCUT2D eigenvalue weighted by Crippen LogP contribution is 2.13. The Labute approximate surface area is 103 Å². The third-order valence-corrected chi connectivity index (χ3v) is 3.15. The molecule has 1 atom stereocenters. The lowest BCUT2D eigenvalue weighted by atomic mass is 10.0. The molecule has 1 aliphatic rings. The summed E-state index contributed by atoms with van der Waals surface area (Å²) in [6, 6.07) is 8.27. The van der Waals surface area contributed by atoms with E-state index in [-0.39, 0.29) is 5.91 Å². The van der Waals surface area contributed by atoms with E-state index >= 15 is 0 Å². The van der Waals surface area contributed by atoms with Crippen molar-refractivity contribution in [2.24, 2.45) is 0 Å². The Morgan fingerprint density at radius 3 is 3.06 bits per heavy atom. The fourth-order valence-electron chi connectivity index (χ4n) is 2.26. The summed E-state index contributed by atoms with van der Waals surface area (Å²) in [7, 11) is 0. The molecule has 0 bridgehead atoms. The standard InChI is InChI=1S/C14H20N2O/c1-11-5-4-7-13(9-11)16-14(17)10-12-6-2-3-8-15-12/h4-5,7,9,12,15H,2-3,6,8,10H2,1H3,(H,16,17). The molecule has 0 spiro atoms. The topological polar surface area (TPSA) is 41.1 Å². The number of carbonyl (C=O) groups is 1. The normalized spacial score (nSPS) is 19.9. The van der Waals surface area contributed by atoms with Crippen LogP contribution in [0.1, 0.15) is 31.2 Å². The number of piperidine rings is 1. The fourth-order valence-corrected chi connectivity index (χ4v) is 2.26. The predicted molar refractivity (Wildman–Crippen MR) is 70.1 cm³/mol. The molecule has 1 aliphatic heterocycles. The lowest BCUT2D eigenvalue weighted by Gasteiger charge is -2.22. The maximum absolute atomic E-state index is 11.8. The van der Waals surface area contributed by atoms with Gasteiger partial charge in [0, 0.05) is 18.2 Å². The zero-order chi connectivity index (χ0) is 12.1. The second-order valence-electron chi connectivity index (χ2n) is 4.77. The Hall–Kier alpha value is -1.35. The van der Waals surface area contributed by atoms with Crippen molar-refractivity contribution in [1.29, 1.82) is 0 Å². The molecular formula is C14H20N2O. The van der Waals surface area contributed by atoms with Crippen molar-refractivity contribution in [2.45, 2.75) is 38.6 Å². The summed E-state index contributed by atoms with van der Waals surface area (Å²) in [5, 5.41) is 6.34. The first-order chi connectivity index (χ1) is 8.24. The van der Waals surface area contributed by atoms with E-state index in [9.17, 15) is 4.79 Å². The van der Waals surface area contributed by atoms with Crippen LogP contribution in [0.2, 0.25) is 0 Å². The van der Waals surface area contributed by atoms with Gasteiger partial charge in [0.05, 0.1) is 0 Å². The average molecular weight is 232 g/mol. The van der Waals surface area contributed by atoms with Gasteiger partial charge in [-0.15, -0.1) is 0 Å². The Bertz CT molecular complexity index is 384. The number of nitrogens with one attached hydrogen (secondary N) is 2. The van der Waals surface area contributed by atoms with Crippen LogP contribution in [-0.4, -0.2) is 18.5 Å². The quantitative estimate of drug-likeness (QED) is 0.840. The predicted octanol–water partition coefficient (Wildman–Crippen LogP) is 2.47. The molecule has 0 aliphatic carbocycles. The molecule has 1 heterocycles. The van der Waals surface area contributed by atoms with Crippen molar-refractivity contribution in [3.63, 3.8) is 0 Å². The molecule has 92 valence electrons. The van der Waals surface area contributed by atoms with Gasteiger partial charge >= 0.3 is 0 Å². The Morgan fingerprint density at radius 1 is 1.47 bits per heavy atom. The van der Waals surface area contributed by atoms with Crippen LogP contribution in [-0.2, 0) is 4.79 Å². The van der Waals surface area contributed by atoms with E-state index < -0.39 is 0 Å². The van der Waals surface area contributed by atoms with Crippen LogP contribution in [0.15, 0.2) is 24.3 Å². The molecular weight excluding hydrogens is 212 g/mol. The maximum atomic E-state index is 11.8. The average Bonchev–Trinajstić information content (AvgIpc) is 2.30. The molecule has 0 radical (unpaired) electrons. The highest BCUT2D eigenvalue weighted by Gasteiger charge is 2.16. The summed E-state index contributed by atoms with van der Waals surface area (Å²) in [5.41, 5.74) is 2.06. The van der Waals surface area contributed by atoms with E-state index in [1.165, 1.54) is 18.4 Å². The van der Waals surface area contributed by atoms with Gasteiger partial charge in [0.1, 0.15) is 0 Å². The number of amides is 1. The zero-order valence-electron chi connectivity index (χ0n) is 10.3. The third-order valence-electron chi connectivity index (χ3n) is 3.15. The fraction of sp³-hybridized carbons (Fsp3) is 0.500. The summed E-state index contributed by atoms with van der Waals surface area (Å²) in [6.07, 6.45) is 4.15. The van der Waals surface area contributed by atoms with Crippen LogP contribution in [0, 0.1) is 6.92 Å². The summed E-state index contributed by atoms with van der Waals surface area (Å²) in [4.78, 5) is 11.8. The SMILES string of the molecule is Cc1cccc(NC(=O)CC2CCCCN2)c1. The number of benzene rings is 1. The summed E-state index contributed by atoms with van der Waals surface area (Å²) in [6.45, 7) is 3.07. The first-order valence-electron chi connectivity index (χ1n) is 6.34. The molecule has 0 saturated carbocycles. The number of anilines is 1. The molecule has 1 fully saturated rings. The first kappa shape index (κ1) is 12.1. The van der Waals surface area contributed by atoms with Gasteiger partial charge in [-0.1, -0.05) is 18.6 Å². The Morgan fingerprint density at radius 2 is 2.35 bits per heavy atom. The van der Waals surface area contributed by atoms with Gasteiger partial charge < -0.3 is 10.6 Å². The zero-order valence-corrected chi connectivity index (χ0v) is 10.3. The minimum Gasteiger partial charge on any atom is -0.326 e. The van der Waals surface area contributed by atoms with Gasteiger partial charge in [-0.05, 0) is 44.0 Å². The molecule has 1 aromatic rings. The van der Waals surface area contributed by atoms with E-state index in [2.05, 4.69) is 10.6 Å². The highest BCUT2D eigenvalue weighted by molar-refractivity contribution is 5.91. The van der Waals surface area contributed by atoms with Gasteiger partial charge in [0.2, 0.25) is 5.91 Å². The number of aryl methyl sites for hydroxylation is 1. The van der Waals surface area contributed by atoms with E-state index in [1.54, 1.807) is 0 Å². The molecule has 2 rings (SSSR count). The van der Waals surface area contributed by atoms with E-state index in [0.717, 1.165) is 18.7 Å². The Kier molecular flexibility index (Phi) is 4.15. The summed E-state index contributed by atoms with van der Waals surface area (Å²) in [5.74, 6) is 0.106. The molecule has 17 heavy (non-hydrogen) atoms. The van der Waals surface area contributed by atoms with Gasteiger partial charge in [0.25, 0.3) is 0 Å². The van der Waals surface area contributed by atoms with E-state index in [1.807, 2.05) is 31.2 Å². The van der Waals surface area contributed by atoms with Crippen LogP contribution in [0.5, 0.6) is 0 Å². The summed E-state index contributed by atoms with van der Waals surface area (Å²) >= 11 is 0. The highest BCUT2D eigenvalue weighted by atomic mass is 16.1. The van der Waals surface area contributed by atoms with Crippen LogP contribution in [0.3, 0.4) is 0 Å².